The van der Waals surface area contributed by atoms with E-state index in [0.29, 0.717) is 48.7 Å². The number of nitrogens with one attached hydrogen (secondary N) is 2. The van der Waals surface area contributed by atoms with Crippen molar-refractivity contribution in [3.8, 4) is 0 Å². The maximum atomic E-state index is 13.3. The first kappa shape index (κ1) is 38.6. The molecule has 0 fully saturated rings. The third-order valence-corrected chi connectivity index (χ3v) is 8.83. The van der Waals surface area contributed by atoms with Crippen LogP contribution in [0.2, 0.25) is 0 Å². The van der Waals surface area contributed by atoms with Crippen LogP contribution in [0.3, 0.4) is 0 Å². The van der Waals surface area contributed by atoms with Gasteiger partial charge in [0.2, 0.25) is 17.7 Å². The van der Waals surface area contributed by atoms with Gasteiger partial charge in [0.25, 0.3) is 5.91 Å². The van der Waals surface area contributed by atoms with Crippen LogP contribution in [0, 0.1) is 0 Å². The number of rotatable bonds is 23. The van der Waals surface area contributed by atoms with Crippen molar-refractivity contribution >= 4 is 40.8 Å². The van der Waals surface area contributed by atoms with Crippen LogP contribution < -0.4 is 21.3 Å². The Morgan fingerprint density at radius 1 is 0.750 bits per heavy atom. The molecule has 48 heavy (non-hydrogen) atoms. The first-order valence-electron chi connectivity index (χ1n) is 17.9. The van der Waals surface area contributed by atoms with Crippen molar-refractivity contribution in [1.29, 1.82) is 0 Å². The number of carbonyl (C=O) groups excluding carboxylic acids is 4. The van der Waals surface area contributed by atoms with E-state index >= 15 is 0 Å². The van der Waals surface area contributed by atoms with Crippen molar-refractivity contribution in [2.75, 3.05) is 57.0 Å². The summed E-state index contributed by atoms with van der Waals surface area (Å²) in [5.74, 6) is 0.454. The van der Waals surface area contributed by atoms with Crippen LogP contribution in [0.4, 0.5) is 17.2 Å². The van der Waals surface area contributed by atoms with Crippen LogP contribution in [0.15, 0.2) is 42.6 Å². The van der Waals surface area contributed by atoms with E-state index in [2.05, 4.69) is 15.6 Å². The average Bonchev–Trinajstić information content (AvgIpc) is 3.22. The Morgan fingerprint density at radius 3 is 2.02 bits per heavy atom. The number of nitrogens with zero attached hydrogens (tertiary/aromatic N) is 4. The molecule has 2 heterocycles. The molecule has 0 atom stereocenters. The van der Waals surface area contributed by atoms with Crippen molar-refractivity contribution in [2.45, 2.75) is 96.3 Å². The minimum Gasteiger partial charge on any atom is -0.346 e. The number of anilines is 3. The van der Waals surface area contributed by atoms with Gasteiger partial charge in [0.05, 0.1) is 16.9 Å². The molecule has 2 aromatic rings. The van der Waals surface area contributed by atoms with Crippen molar-refractivity contribution < 1.29 is 19.2 Å². The van der Waals surface area contributed by atoms with Gasteiger partial charge in [-0.25, -0.2) is 4.98 Å². The molecule has 0 unspecified atom stereocenters. The van der Waals surface area contributed by atoms with Crippen molar-refractivity contribution in [3.63, 3.8) is 0 Å². The van der Waals surface area contributed by atoms with E-state index < -0.39 is 0 Å². The van der Waals surface area contributed by atoms with Crippen LogP contribution >= 0.6 is 0 Å². The Hall–Kier alpha value is -3.83. The number of unbranched alkanes of at least 4 members (excludes halogenated alkanes) is 9. The number of carbonyl (C=O) groups is 4. The standard InChI is InChI=1S/C37H57N7O4/c1-42(33(45)21-9-7-13-24-38)28-15-5-3-4-6-16-29-43(2)34(46)22-10-8-14-25-39-27-23-35(47)44-32-20-12-11-18-30(32)37(48)41-31-19-17-26-40-36(31)44/h11-12,17-20,26,39H,3-10,13-16,21-25,27-29,38H2,1-2H3,(H,41,48). The molecule has 0 aliphatic carbocycles. The Labute approximate surface area is 287 Å². The monoisotopic (exact) mass is 663 g/mol. The van der Waals surface area contributed by atoms with E-state index in [-0.39, 0.29) is 30.0 Å². The number of hydrogen-bond acceptors (Lipinski definition) is 7. The number of benzene rings is 1. The number of amides is 4. The van der Waals surface area contributed by atoms with E-state index in [4.69, 9.17) is 5.73 Å². The van der Waals surface area contributed by atoms with Gasteiger partial charge in [-0.3, -0.25) is 24.1 Å². The van der Waals surface area contributed by atoms with Crippen LogP contribution in [0.25, 0.3) is 0 Å². The van der Waals surface area contributed by atoms with E-state index in [1.165, 1.54) is 4.90 Å². The molecule has 1 aliphatic rings. The summed E-state index contributed by atoms with van der Waals surface area (Å²) in [7, 11) is 3.80. The lowest BCUT2D eigenvalue weighted by Gasteiger charge is -2.22. The van der Waals surface area contributed by atoms with Gasteiger partial charge in [-0.1, -0.05) is 50.7 Å². The molecule has 4 amide bonds. The summed E-state index contributed by atoms with van der Waals surface area (Å²) in [6, 6.07) is 10.5. The highest BCUT2D eigenvalue weighted by Crippen LogP contribution is 2.36. The zero-order chi connectivity index (χ0) is 34.6. The Morgan fingerprint density at radius 2 is 1.35 bits per heavy atom. The minimum absolute atomic E-state index is 0.138. The third kappa shape index (κ3) is 13.0. The second-order valence-corrected chi connectivity index (χ2v) is 12.7. The Bertz CT molecular complexity index is 1300. The first-order chi connectivity index (χ1) is 23.3. The van der Waals surface area contributed by atoms with Gasteiger partial charge in [0.1, 0.15) is 0 Å². The maximum absolute atomic E-state index is 13.3. The fourth-order valence-electron chi connectivity index (χ4n) is 5.86. The highest BCUT2D eigenvalue weighted by atomic mass is 16.2. The molecule has 264 valence electrons. The maximum Gasteiger partial charge on any atom is 0.257 e. The molecule has 0 saturated carbocycles. The second-order valence-electron chi connectivity index (χ2n) is 12.7. The molecule has 11 heteroatoms. The lowest BCUT2D eigenvalue weighted by atomic mass is 10.1. The highest BCUT2D eigenvalue weighted by Gasteiger charge is 2.29. The molecule has 0 radical (unpaired) electrons. The van der Waals surface area contributed by atoms with Crippen LogP contribution in [0.1, 0.15) is 107 Å². The molecule has 3 rings (SSSR count). The zero-order valence-electron chi connectivity index (χ0n) is 29.2. The molecule has 1 aromatic carbocycles. The smallest absolute Gasteiger partial charge is 0.257 e. The topological polar surface area (TPSA) is 141 Å². The first-order valence-corrected chi connectivity index (χ1v) is 17.9. The summed E-state index contributed by atoms with van der Waals surface area (Å²) in [5.41, 5.74) is 6.98. The summed E-state index contributed by atoms with van der Waals surface area (Å²) >= 11 is 0. The van der Waals surface area contributed by atoms with Gasteiger partial charge in [-0.15, -0.1) is 0 Å². The number of hydrogen-bond donors (Lipinski definition) is 3. The Kier molecular flexibility index (Phi) is 17.6. The van der Waals surface area contributed by atoms with Crippen LogP contribution in [0.5, 0.6) is 0 Å². The van der Waals surface area contributed by atoms with Gasteiger partial charge < -0.3 is 26.2 Å². The molecule has 0 spiro atoms. The quantitative estimate of drug-likeness (QED) is 0.131. The summed E-state index contributed by atoms with van der Waals surface area (Å²) in [6.45, 7) is 3.59. The number of aromatic nitrogens is 1. The van der Waals surface area contributed by atoms with Gasteiger partial charge in [0, 0.05) is 59.2 Å². The fourth-order valence-corrected chi connectivity index (χ4v) is 5.86. The lowest BCUT2D eigenvalue weighted by molar-refractivity contribution is -0.130. The number of pyridine rings is 1. The molecule has 1 aromatic heterocycles. The Balaban J connectivity index is 1.20. The largest absolute Gasteiger partial charge is 0.346 e. The summed E-state index contributed by atoms with van der Waals surface area (Å²) in [5, 5.41) is 6.20. The fraction of sp³-hybridized carbons (Fsp3) is 0.595. The number of fused-ring (bicyclic) bond motifs is 2. The molecule has 11 nitrogen and oxygen atoms in total. The molecule has 0 saturated heterocycles. The van der Waals surface area contributed by atoms with Gasteiger partial charge >= 0.3 is 0 Å². The summed E-state index contributed by atoms with van der Waals surface area (Å²) < 4.78 is 0. The second kappa shape index (κ2) is 21.9. The normalized spacial score (nSPS) is 12.1. The van der Waals surface area contributed by atoms with Gasteiger partial charge in [-0.05, 0) is 75.9 Å². The number of para-hydroxylation sites is 1. The van der Waals surface area contributed by atoms with E-state index in [1.54, 1.807) is 36.5 Å². The number of nitrogens with two attached hydrogens (primary N) is 1. The SMILES string of the molecule is CN(CCCCCCCCN(C)C(=O)CCCCCNCCC(=O)N1c2ccccc2C(=O)Nc2cccnc21)C(=O)CCCCCN. The third-order valence-electron chi connectivity index (χ3n) is 8.83. The molecule has 0 bridgehead atoms. The van der Waals surface area contributed by atoms with Gasteiger partial charge in [0.15, 0.2) is 5.82 Å². The molecular formula is C37H57N7O4. The van der Waals surface area contributed by atoms with Crippen molar-refractivity contribution in [1.82, 2.24) is 20.1 Å². The summed E-state index contributed by atoms with van der Waals surface area (Å²) in [6.07, 6.45) is 15.3. The summed E-state index contributed by atoms with van der Waals surface area (Å²) in [4.78, 5) is 60.4. The molecule has 1 aliphatic heterocycles. The van der Waals surface area contributed by atoms with E-state index in [0.717, 1.165) is 96.7 Å². The van der Waals surface area contributed by atoms with Crippen molar-refractivity contribution in [3.05, 3.63) is 48.2 Å². The zero-order valence-corrected chi connectivity index (χ0v) is 29.2. The van der Waals surface area contributed by atoms with Gasteiger partial charge in [-0.2, -0.15) is 0 Å². The molecule has 4 N–H and O–H groups in total. The van der Waals surface area contributed by atoms with E-state index in [9.17, 15) is 19.2 Å². The van der Waals surface area contributed by atoms with Crippen molar-refractivity contribution in [2.24, 2.45) is 5.73 Å². The average molecular weight is 664 g/mol. The lowest BCUT2D eigenvalue weighted by Crippen LogP contribution is -2.30. The van der Waals surface area contributed by atoms with Crippen LogP contribution in [-0.2, 0) is 14.4 Å². The van der Waals surface area contributed by atoms with Crippen LogP contribution in [-0.4, -0.2) is 85.2 Å². The predicted molar refractivity (Wildman–Crippen MR) is 192 cm³/mol. The highest BCUT2D eigenvalue weighted by molar-refractivity contribution is 6.17. The predicted octanol–water partition coefficient (Wildman–Crippen LogP) is 5.63. The molecular weight excluding hydrogens is 606 g/mol. The van der Waals surface area contributed by atoms with E-state index in [1.807, 2.05) is 30.0 Å². The minimum atomic E-state index is -0.264.